The summed E-state index contributed by atoms with van der Waals surface area (Å²) in [6, 6.07) is 9.93. The second-order valence-corrected chi connectivity index (χ2v) is 6.56. The molecule has 124 valence electrons. The molecule has 0 aliphatic carbocycles. The minimum absolute atomic E-state index is 0.209. The van der Waals surface area contributed by atoms with E-state index in [4.69, 9.17) is 10.1 Å². The molecule has 0 radical (unpaired) electrons. The van der Waals surface area contributed by atoms with Crippen molar-refractivity contribution in [1.82, 2.24) is 15.0 Å². The molecule has 2 aliphatic rings. The number of hydrazine groups is 1. The van der Waals surface area contributed by atoms with E-state index in [0.717, 1.165) is 24.3 Å². The Morgan fingerprint density at radius 2 is 1.92 bits per heavy atom. The van der Waals surface area contributed by atoms with Gasteiger partial charge in [-0.05, 0) is 0 Å². The minimum atomic E-state index is 0.209. The minimum Gasteiger partial charge on any atom is -0.509 e. The molecule has 24 heavy (non-hydrogen) atoms. The average molecular weight is 342 g/mol. The van der Waals surface area contributed by atoms with Crippen molar-refractivity contribution >= 4 is 22.7 Å². The molecule has 1 aromatic carbocycles. The second kappa shape index (κ2) is 6.35. The molecule has 0 unspecified atom stereocenters. The number of hydrogen-bond acceptors (Lipinski definition) is 6. The lowest BCUT2D eigenvalue weighted by Gasteiger charge is -2.35. The van der Waals surface area contributed by atoms with Gasteiger partial charge in [-0.3, -0.25) is 10.4 Å². The van der Waals surface area contributed by atoms with Crippen LogP contribution in [0.3, 0.4) is 0 Å². The molecule has 6 nitrogen and oxygen atoms in total. The normalized spacial score (nSPS) is 19.3. The molecule has 1 aromatic heterocycles. The molecule has 2 aromatic rings. The quantitative estimate of drug-likeness (QED) is 0.897. The Bertz CT molecular complexity index is 781. The number of aliphatic hydroxyl groups is 1. The number of rotatable bonds is 3. The van der Waals surface area contributed by atoms with E-state index in [1.54, 1.807) is 0 Å². The lowest BCUT2D eigenvalue weighted by atomic mass is 10.2. The highest BCUT2D eigenvalue weighted by Crippen LogP contribution is 2.32. The predicted molar refractivity (Wildman–Crippen MR) is 93.9 cm³/mol. The molecule has 2 N–H and O–H groups in total. The zero-order chi connectivity index (χ0) is 16.5. The molecule has 0 atom stereocenters. The van der Waals surface area contributed by atoms with Crippen LogP contribution in [0.1, 0.15) is 5.01 Å². The monoisotopic (exact) mass is 342 g/mol. The van der Waals surface area contributed by atoms with Crippen molar-refractivity contribution in [2.45, 2.75) is 0 Å². The van der Waals surface area contributed by atoms with Gasteiger partial charge in [-0.1, -0.05) is 30.3 Å². The molecule has 4 rings (SSSR count). The van der Waals surface area contributed by atoms with Crippen LogP contribution in [-0.4, -0.2) is 58.8 Å². The van der Waals surface area contributed by atoms with Crippen LogP contribution in [-0.2, 0) is 4.74 Å². The summed E-state index contributed by atoms with van der Waals surface area (Å²) in [5, 5.41) is 25.4. The van der Waals surface area contributed by atoms with Crippen molar-refractivity contribution in [1.29, 1.82) is 5.41 Å². The van der Waals surface area contributed by atoms with Gasteiger partial charge in [0, 0.05) is 24.0 Å². The summed E-state index contributed by atoms with van der Waals surface area (Å²) >= 11 is 1.46. The first-order valence-corrected chi connectivity index (χ1v) is 8.74. The van der Waals surface area contributed by atoms with E-state index < -0.39 is 0 Å². The van der Waals surface area contributed by atoms with Crippen molar-refractivity contribution < 1.29 is 9.84 Å². The number of ether oxygens (including phenoxy) is 1. The van der Waals surface area contributed by atoms with E-state index in [-0.39, 0.29) is 5.76 Å². The van der Waals surface area contributed by atoms with Crippen LogP contribution in [0, 0.1) is 5.41 Å². The molecule has 1 fully saturated rings. The maximum absolute atomic E-state index is 10.4. The Kier molecular flexibility index (Phi) is 4.05. The van der Waals surface area contributed by atoms with Crippen LogP contribution >= 0.6 is 11.3 Å². The molecule has 3 heterocycles. The summed E-state index contributed by atoms with van der Waals surface area (Å²) in [6.07, 6.45) is 0. The Labute approximate surface area is 144 Å². The van der Waals surface area contributed by atoms with Crippen LogP contribution in [0.25, 0.3) is 16.8 Å². The summed E-state index contributed by atoms with van der Waals surface area (Å²) in [4.78, 5) is 4.63. The van der Waals surface area contributed by atoms with Gasteiger partial charge in [0.15, 0.2) is 0 Å². The molecular formula is C17H18N4O2S. The summed E-state index contributed by atoms with van der Waals surface area (Å²) < 4.78 is 5.36. The highest BCUT2D eigenvalue weighted by atomic mass is 32.1. The molecule has 0 bridgehead atoms. The third-order valence-corrected chi connectivity index (χ3v) is 5.06. The zero-order valence-corrected chi connectivity index (χ0v) is 13.9. The molecule has 2 aliphatic heterocycles. The van der Waals surface area contributed by atoms with Gasteiger partial charge in [-0.15, -0.1) is 11.3 Å². The molecular weight excluding hydrogens is 324 g/mol. The first kappa shape index (κ1) is 15.3. The molecule has 0 amide bonds. The smallest absolute Gasteiger partial charge is 0.149 e. The number of nitrogens with zero attached hydrogens (tertiary/aromatic N) is 3. The number of hydrogen-bond donors (Lipinski definition) is 2. The number of nitrogens with one attached hydrogen (secondary N) is 1. The Hall–Kier alpha value is -2.22. The fourth-order valence-corrected chi connectivity index (χ4v) is 3.85. The lowest BCUT2D eigenvalue weighted by Crippen LogP contribution is -2.49. The van der Waals surface area contributed by atoms with Crippen molar-refractivity contribution in [2.24, 2.45) is 0 Å². The Balaban J connectivity index is 1.59. The average Bonchev–Trinajstić information content (AvgIpc) is 3.21. The number of thiazole rings is 1. The van der Waals surface area contributed by atoms with Gasteiger partial charge in [0.05, 0.1) is 31.0 Å². The van der Waals surface area contributed by atoms with E-state index in [2.05, 4.69) is 9.99 Å². The lowest BCUT2D eigenvalue weighted by molar-refractivity contribution is -0.0465. The fraction of sp³-hybridized carbons (Fsp3) is 0.294. The SMILES string of the molecule is N=C1C(c2nc(-c3ccccc3)cs2)=C(O)CN1N1CCOCC1. The highest BCUT2D eigenvalue weighted by Gasteiger charge is 2.34. The van der Waals surface area contributed by atoms with Crippen molar-refractivity contribution in [3.63, 3.8) is 0 Å². The second-order valence-electron chi connectivity index (χ2n) is 5.70. The summed E-state index contributed by atoms with van der Waals surface area (Å²) in [7, 11) is 0. The number of benzene rings is 1. The number of aromatic nitrogens is 1. The predicted octanol–water partition coefficient (Wildman–Crippen LogP) is 2.62. The van der Waals surface area contributed by atoms with Gasteiger partial charge in [0.25, 0.3) is 0 Å². The molecule has 0 spiro atoms. The van der Waals surface area contributed by atoms with Gasteiger partial charge in [-0.25, -0.2) is 9.99 Å². The molecule has 1 saturated heterocycles. The van der Waals surface area contributed by atoms with Crippen LogP contribution in [0.15, 0.2) is 41.5 Å². The Morgan fingerprint density at radius 3 is 2.67 bits per heavy atom. The van der Waals surface area contributed by atoms with Crippen molar-refractivity contribution in [3.05, 3.63) is 46.5 Å². The maximum atomic E-state index is 10.4. The van der Waals surface area contributed by atoms with Gasteiger partial charge >= 0.3 is 0 Å². The fourth-order valence-electron chi connectivity index (χ4n) is 2.96. The van der Waals surface area contributed by atoms with Crippen molar-refractivity contribution in [3.8, 4) is 11.3 Å². The summed E-state index contributed by atoms with van der Waals surface area (Å²) in [5.41, 5.74) is 2.44. The van der Waals surface area contributed by atoms with E-state index in [1.165, 1.54) is 11.3 Å². The van der Waals surface area contributed by atoms with Crippen LogP contribution in [0.2, 0.25) is 0 Å². The number of morpholine rings is 1. The van der Waals surface area contributed by atoms with E-state index in [9.17, 15) is 5.11 Å². The van der Waals surface area contributed by atoms with Crippen molar-refractivity contribution in [2.75, 3.05) is 32.8 Å². The van der Waals surface area contributed by atoms with Gasteiger partial charge < -0.3 is 9.84 Å². The first-order valence-electron chi connectivity index (χ1n) is 7.86. The zero-order valence-electron chi connectivity index (χ0n) is 13.1. The highest BCUT2D eigenvalue weighted by molar-refractivity contribution is 7.11. The first-order chi connectivity index (χ1) is 11.7. The third-order valence-electron chi connectivity index (χ3n) is 4.20. The Morgan fingerprint density at radius 1 is 1.17 bits per heavy atom. The van der Waals surface area contributed by atoms with Gasteiger partial charge in [0.2, 0.25) is 0 Å². The van der Waals surface area contributed by atoms with Crippen LogP contribution < -0.4 is 0 Å². The van der Waals surface area contributed by atoms with E-state index >= 15 is 0 Å². The van der Waals surface area contributed by atoms with Crippen LogP contribution in [0.4, 0.5) is 0 Å². The molecule has 0 saturated carbocycles. The van der Waals surface area contributed by atoms with Gasteiger partial charge in [0.1, 0.15) is 16.6 Å². The van der Waals surface area contributed by atoms with Gasteiger partial charge in [-0.2, -0.15) is 0 Å². The topological polar surface area (TPSA) is 72.7 Å². The number of amidine groups is 1. The van der Waals surface area contributed by atoms with E-state index in [1.807, 2.05) is 40.7 Å². The van der Waals surface area contributed by atoms with E-state index in [0.29, 0.717) is 36.2 Å². The third kappa shape index (κ3) is 2.71. The largest absolute Gasteiger partial charge is 0.509 e. The standard InChI is InChI=1S/C17H18N4O2S/c18-16-15(14(22)10-21(16)20-6-8-23-9-7-20)17-19-13(11-24-17)12-4-2-1-3-5-12/h1-5,11,18,22H,6-10H2. The van der Waals surface area contributed by atoms with Crippen LogP contribution in [0.5, 0.6) is 0 Å². The molecule has 7 heteroatoms. The number of aliphatic hydroxyl groups excluding tert-OH is 1. The maximum Gasteiger partial charge on any atom is 0.149 e. The summed E-state index contributed by atoms with van der Waals surface area (Å²) in [5.74, 6) is 0.517. The summed E-state index contributed by atoms with van der Waals surface area (Å²) in [6.45, 7) is 3.09.